The van der Waals surface area contributed by atoms with Gasteiger partial charge in [-0.05, 0) is 0 Å². The molecular formula is C4H12N4Te. The van der Waals surface area contributed by atoms with Crippen LogP contribution in [0.5, 0.6) is 0 Å². The van der Waals surface area contributed by atoms with Crippen molar-refractivity contribution in [2.24, 2.45) is 0 Å². The summed E-state index contributed by atoms with van der Waals surface area (Å²) in [6.45, 7) is 4.50. The molecule has 2 rings (SSSR count). The van der Waals surface area contributed by atoms with Gasteiger partial charge in [0.2, 0.25) is 0 Å². The summed E-state index contributed by atoms with van der Waals surface area (Å²) in [5.41, 5.74) is 0. The molecule has 0 atom stereocenters. The number of hydrogen-bond acceptors (Lipinski definition) is 4. The minimum atomic E-state index is -1.97. The zero-order chi connectivity index (χ0) is 6.16. The van der Waals surface area contributed by atoms with Crippen LogP contribution in [0.25, 0.3) is 0 Å². The van der Waals surface area contributed by atoms with E-state index in [9.17, 15) is 0 Å². The Kier molecular flexibility index (Phi) is 1.66. The molecule has 4 N–H and O–H groups in total. The SMILES string of the molecule is C1CN[Te]2(N1)NCCN2. The second-order valence-electron chi connectivity index (χ2n) is 2.19. The molecule has 4 nitrogen and oxygen atoms in total. The van der Waals surface area contributed by atoms with E-state index in [2.05, 4.69) is 14.3 Å². The van der Waals surface area contributed by atoms with Gasteiger partial charge in [-0.3, -0.25) is 0 Å². The van der Waals surface area contributed by atoms with E-state index in [1.165, 1.54) is 0 Å². The van der Waals surface area contributed by atoms with Gasteiger partial charge in [-0.15, -0.1) is 0 Å². The van der Waals surface area contributed by atoms with Crippen molar-refractivity contribution in [1.29, 1.82) is 0 Å². The summed E-state index contributed by atoms with van der Waals surface area (Å²) >= 11 is -1.97. The molecule has 2 fully saturated rings. The van der Waals surface area contributed by atoms with Crippen LogP contribution in [0, 0.1) is 0 Å². The Morgan fingerprint density at radius 1 is 0.667 bits per heavy atom. The van der Waals surface area contributed by atoms with E-state index in [-0.39, 0.29) is 0 Å². The summed E-state index contributed by atoms with van der Waals surface area (Å²) in [5, 5.41) is 0. The Labute approximate surface area is 60.0 Å². The van der Waals surface area contributed by atoms with Crippen molar-refractivity contribution in [3.8, 4) is 0 Å². The van der Waals surface area contributed by atoms with Gasteiger partial charge in [0.05, 0.1) is 0 Å². The summed E-state index contributed by atoms with van der Waals surface area (Å²) in [6.07, 6.45) is 0. The van der Waals surface area contributed by atoms with Crippen LogP contribution in [-0.2, 0) is 0 Å². The van der Waals surface area contributed by atoms with Crippen molar-refractivity contribution in [3.63, 3.8) is 0 Å². The Morgan fingerprint density at radius 2 is 1.00 bits per heavy atom. The molecule has 54 valence electrons. The molecule has 2 saturated heterocycles. The molecular weight excluding hydrogens is 232 g/mol. The van der Waals surface area contributed by atoms with Crippen molar-refractivity contribution in [2.45, 2.75) is 0 Å². The first-order chi connectivity index (χ1) is 4.41. The average molecular weight is 244 g/mol. The number of rotatable bonds is 0. The van der Waals surface area contributed by atoms with Crippen LogP contribution in [0.15, 0.2) is 0 Å². The molecule has 0 aliphatic carbocycles. The van der Waals surface area contributed by atoms with Crippen LogP contribution < -0.4 is 14.3 Å². The molecule has 5 heteroatoms. The van der Waals surface area contributed by atoms with Gasteiger partial charge in [0.25, 0.3) is 0 Å². The molecule has 0 saturated carbocycles. The molecule has 0 unspecified atom stereocenters. The molecule has 2 aliphatic rings. The molecule has 2 aliphatic heterocycles. The van der Waals surface area contributed by atoms with Crippen molar-refractivity contribution < 1.29 is 0 Å². The van der Waals surface area contributed by atoms with Crippen LogP contribution in [0.1, 0.15) is 0 Å². The Morgan fingerprint density at radius 3 is 1.33 bits per heavy atom. The predicted octanol–water partition coefficient (Wildman–Crippen LogP) is -2.19. The number of hydrogen-bond donors (Lipinski definition) is 4. The van der Waals surface area contributed by atoms with Crippen LogP contribution in [0.4, 0.5) is 0 Å². The first-order valence-electron chi connectivity index (χ1n) is 3.23. The van der Waals surface area contributed by atoms with E-state index in [0.717, 1.165) is 26.2 Å². The fourth-order valence-electron chi connectivity index (χ4n) is 1.12. The van der Waals surface area contributed by atoms with Gasteiger partial charge in [0, 0.05) is 0 Å². The maximum absolute atomic E-state index is 3.49. The average Bonchev–Trinajstić information content (AvgIpc) is 2.45. The second-order valence-corrected chi connectivity index (χ2v) is 8.98. The van der Waals surface area contributed by atoms with Gasteiger partial charge < -0.3 is 0 Å². The van der Waals surface area contributed by atoms with Gasteiger partial charge in [-0.25, -0.2) is 0 Å². The maximum atomic E-state index is 3.49. The van der Waals surface area contributed by atoms with Crippen LogP contribution in [0.3, 0.4) is 0 Å². The van der Waals surface area contributed by atoms with E-state index in [1.807, 2.05) is 0 Å². The molecule has 9 heavy (non-hydrogen) atoms. The zero-order valence-electron chi connectivity index (χ0n) is 5.24. The topological polar surface area (TPSA) is 48.1 Å². The predicted molar refractivity (Wildman–Crippen MR) is 37.8 cm³/mol. The van der Waals surface area contributed by atoms with Gasteiger partial charge in [-0.2, -0.15) is 0 Å². The molecule has 0 bridgehead atoms. The first-order valence-corrected chi connectivity index (χ1v) is 7.89. The standard InChI is InChI=1S/C4H12N4Te/c1-2-6-9(5-1)7-3-4-8-9/h5-8H,1-4H2. The third-order valence-corrected chi connectivity index (χ3v) is 8.80. The first kappa shape index (κ1) is 6.35. The summed E-state index contributed by atoms with van der Waals surface area (Å²) in [7, 11) is 0. The van der Waals surface area contributed by atoms with Crippen molar-refractivity contribution in [2.75, 3.05) is 26.2 Å². The Balaban J connectivity index is 2.04. The zero-order valence-corrected chi connectivity index (χ0v) is 7.57. The van der Waals surface area contributed by atoms with E-state index in [0.29, 0.717) is 0 Å². The Hall–Kier alpha value is 0.630. The van der Waals surface area contributed by atoms with Gasteiger partial charge in [0.1, 0.15) is 0 Å². The van der Waals surface area contributed by atoms with Crippen LogP contribution in [-0.4, -0.2) is 45.4 Å². The van der Waals surface area contributed by atoms with E-state index in [1.54, 1.807) is 0 Å². The second kappa shape index (κ2) is 2.35. The third-order valence-electron chi connectivity index (χ3n) is 1.52. The molecule has 2 heterocycles. The molecule has 1 spiro atoms. The molecule has 0 radical (unpaired) electrons. The van der Waals surface area contributed by atoms with E-state index >= 15 is 0 Å². The third kappa shape index (κ3) is 1.09. The van der Waals surface area contributed by atoms with Crippen molar-refractivity contribution in [3.05, 3.63) is 0 Å². The summed E-state index contributed by atoms with van der Waals surface area (Å²) in [6, 6.07) is 0. The minimum absolute atomic E-state index is 1.13. The fraction of sp³-hybridized carbons (Fsp3) is 1.00. The summed E-state index contributed by atoms with van der Waals surface area (Å²) in [5.74, 6) is 0. The summed E-state index contributed by atoms with van der Waals surface area (Å²) in [4.78, 5) is 0. The fourth-order valence-corrected chi connectivity index (χ4v) is 7.53. The molecule has 0 amide bonds. The van der Waals surface area contributed by atoms with Crippen molar-refractivity contribution >= 4 is 19.3 Å². The molecule has 0 aromatic heterocycles. The van der Waals surface area contributed by atoms with Gasteiger partial charge in [0.15, 0.2) is 0 Å². The van der Waals surface area contributed by atoms with E-state index in [4.69, 9.17) is 0 Å². The monoisotopic (exact) mass is 246 g/mol. The normalized spacial score (nSPS) is 35.6. The quantitative estimate of drug-likeness (QED) is 0.365. The van der Waals surface area contributed by atoms with Crippen molar-refractivity contribution in [1.82, 2.24) is 14.3 Å². The van der Waals surface area contributed by atoms with Gasteiger partial charge in [-0.1, -0.05) is 0 Å². The number of nitrogens with one attached hydrogen (secondary N) is 4. The van der Waals surface area contributed by atoms with Crippen LogP contribution in [0.2, 0.25) is 0 Å². The van der Waals surface area contributed by atoms with Gasteiger partial charge >= 0.3 is 59.7 Å². The molecule has 0 aromatic carbocycles. The summed E-state index contributed by atoms with van der Waals surface area (Å²) < 4.78 is 14.0. The molecule has 0 aromatic rings. The van der Waals surface area contributed by atoms with Crippen LogP contribution >= 0.6 is 0 Å². The van der Waals surface area contributed by atoms with E-state index < -0.39 is 19.3 Å². The Bertz CT molecular complexity index is 87.6.